The molecule has 1 heterocycles. The van der Waals surface area contributed by atoms with Crippen molar-refractivity contribution in [2.75, 3.05) is 0 Å². The lowest BCUT2D eigenvalue weighted by molar-refractivity contribution is 0.0689. The fourth-order valence-corrected chi connectivity index (χ4v) is 1.79. The van der Waals surface area contributed by atoms with Crippen LogP contribution in [0.1, 0.15) is 10.5 Å². The smallest absolute Gasteiger partial charge is 0.356 e. The standard InChI is InChI=1S/C11H6ClF3N2O2/c1-17-7(3-6(16-17)11(18)19)8-9(14)4(12)2-5(13)10(8)15/h2-3H,1H3,(H,18,19). The predicted molar refractivity (Wildman–Crippen MR) is 60.5 cm³/mol. The van der Waals surface area contributed by atoms with Crippen molar-refractivity contribution in [3.8, 4) is 11.3 Å². The van der Waals surface area contributed by atoms with Crippen molar-refractivity contribution >= 4 is 17.6 Å². The SMILES string of the molecule is Cn1nc(C(=O)O)cc1-c1c(F)c(F)cc(Cl)c1F. The highest BCUT2D eigenvalue weighted by atomic mass is 35.5. The number of carbonyl (C=O) groups is 1. The molecule has 2 aromatic rings. The van der Waals surface area contributed by atoms with Gasteiger partial charge in [0.1, 0.15) is 0 Å². The number of hydrogen-bond acceptors (Lipinski definition) is 2. The highest BCUT2D eigenvalue weighted by molar-refractivity contribution is 6.31. The van der Waals surface area contributed by atoms with Gasteiger partial charge in [-0.15, -0.1) is 0 Å². The maximum absolute atomic E-state index is 13.8. The van der Waals surface area contributed by atoms with E-state index < -0.39 is 39.7 Å². The van der Waals surface area contributed by atoms with Crippen LogP contribution >= 0.6 is 11.6 Å². The topological polar surface area (TPSA) is 55.1 Å². The van der Waals surface area contributed by atoms with Gasteiger partial charge in [-0.25, -0.2) is 18.0 Å². The Hall–Kier alpha value is -2.02. The zero-order valence-corrected chi connectivity index (χ0v) is 10.2. The first-order valence-corrected chi connectivity index (χ1v) is 5.31. The van der Waals surface area contributed by atoms with Gasteiger partial charge in [-0.1, -0.05) is 11.6 Å². The molecule has 2 rings (SSSR count). The quantitative estimate of drug-likeness (QED) is 0.865. The molecule has 0 saturated heterocycles. The molecule has 0 unspecified atom stereocenters. The minimum Gasteiger partial charge on any atom is -0.476 e. The normalized spacial score (nSPS) is 10.8. The van der Waals surface area contributed by atoms with Gasteiger partial charge in [-0.05, 0) is 12.1 Å². The van der Waals surface area contributed by atoms with E-state index in [-0.39, 0.29) is 5.69 Å². The van der Waals surface area contributed by atoms with E-state index in [2.05, 4.69) is 5.10 Å². The molecular formula is C11H6ClF3N2O2. The lowest BCUT2D eigenvalue weighted by Gasteiger charge is -2.07. The van der Waals surface area contributed by atoms with Gasteiger partial charge in [0, 0.05) is 7.05 Å². The Bertz CT molecular complexity index is 659. The van der Waals surface area contributed by atoms with Crippen LogP contribution < -0.4 is 0 Å². The van der Waals surface area contributed by atoms with Gasteiger partial charge < -0.3 is 5.11 Å². The van der Waals surface area contributed by atoms with Gasteiger partial charge in [-0.3, -0.25) is 4.68 Å². The number of benzene rings is 1. The molecule has 0 aliphatic carbocycles. The maximum Gasteiger partial charge on any atom is 0.356 e. The van der Waals surface area contributed by atoms with Crippen molar-refractivity contribution in [3.05, 3.63) is 40.3 Å². The Morgan fingerprint density at radius 3 is 2.47 bits per heavy atom. The molecule has 1 aromatic heterocycles. The summed E-state index contributed by atoms with van der Waals surface area (Å²) in [4.78, 5) is 10.7. The molecule has 8 heteroatoms. The Morgan fingerprint density at radius 2 is 1.95 bits per heavy atom. The summed E-state index contributed by atoms with van der Waals surface area (Å²) >= 11 is 5.44. The molecule has 0 aliphatic rings. The van der Waals surface area contributed by atoms with Crippen molar-refractivity contribution in [3.63, 3.8) is 0 Å². The third-order valence-corrected chi connectivity index (χ3v) is 2.74. The van der Waals surface area contributed by atoms with Gasteiger partial charge in [-0.2, -0.15) is 5.10 Å². The molecule has 0 bridgehead atoms. The monoisotopic (exact) mass is 290 g/mol. The summed E-state index contributed by atoms with van der Waals surface area (Å²) in [6.07, 6.45) is 0. The van der Waals surface area contributed by atoms with Crippen LogP contribution in [0.15, 0.2) is 12.1 Å². The number of carboxylic acids is 1. The summed E-state index contributed by atoms with van der Waals surface area (Å²) < 4.78 is 41.6. The first kappa shape index (κ1) is 13.4. The Labute approximate surface area is 110 Å². The molecule has 0 fully saturated rings. The molecule has 1 aromatic carbocycles. The summed E-state index contributed by atoms with van der Waals surface area (Å²) in [6, 6.07) is 1.43. The zero-order chi connectivity index (χ0) is 14.3. The van der Waals surface area contributed by atoms with Crippen LogP contribution in [0, 0.1) is 17.5 Å². The largest absolute Gasteiger partial charge is 0.476 e. The second kappa shape index (κ2) is 4.58. The van der Waals surface area contributed by atoms with Crippen LogP contribution in [0.25, 0.3) is 11.3 Å². The summed E-state index contributed by atoms with van der Waals surface area (Å²) in [5, 5.41) is 11.7. The molecule has 100 valence electrons. The highest BCUT2D eigenvalue weighted by Crippen LogP contribution is 2.32. The number of nitrogens with zero attached hydrogens (tertiary/aromatic N) is 2. The van der Waals surface area contributed by atoms with E-state index in [1.807, 2.05) is 0 Å². The minimum absolute atomic E-state index is 0.228. The first-order chi connectivity index (χ1) is 8.82. The van der Waals surface area contributed by atoms with Crippen molar-refractivity contribution in [1.29, 1.82) is 0 Å². The van der Waals surface area contributed by atoms with Crippen LogP contribution in [0.2, 0.25) is 5.02 Å². The Kier molecular flexibility index (Phi) is 3.23. The molecule has 19 heavy (non-hydrogen) atoms. The van der Waals surface area contributed by atoms with Crippen molar-refractivity contribution in [1.82, 2.24) is 9.78 Å². The van der Waals surface area contributed by atoms with Gasteiger partial charge in [0.2, 0.25) is 0 Å². The summed E-state index contributed by atoms with van der Waals surface area (Å²) in [5.74, 6) is -5.34. The molecule has 0 spiro atoms. The third-order valence-electron chi connectivity index (χ3n) is 2.47. The predicted octanol–water partition coefficient (Wildman–Crippen LogP) is 2.86. The fraction of sp³-hybridized carbons (Fsp3) is 0.0909. The molecule has 0 amide bonds. The number of rotatable bonds is 2. The van der Waals surface area contributed by atoms with Crippen molar-refractivity contribution in [2.24, 2.45) is 7.05 Å². The summed E-state index contributed by atoms with van der Waals surface area (Å²) in [5.41, 5.74) is -1.40. The van der Waals surface area contributed by atoms with E-state index in [4.69, 9.17) is 16.7 Å². The van der Waals surface area contributed by atoms with E-state index >= 15 is 0 Å². The lowest BCUT2D eigenvalue weighted by atomic mass is 10.1. The van der Waals surface area contributed by atoms with Gasteiger partial charge >= 0.3 is 5.97 Å². The number of halogens is 4. The average Bonchev–Trinajstić information content (AvgIpc) is 2.70. The van der Waals surface area contributed by atoms with E-state index in [0.717, 1.165) is 10.7 Å². The molecule has 0 radical (unpaired) electrons. The molecule has 0 aliphatic heterocycles. The van der Waals surface area contributed by atoms with Crippen LogP contribution in [0.4, 0.5) is 13.2 Å². The van der Waals surface area contributed by atoms with Crippen LogP contribution in [-0.2, 0) is 7.05 Å². The van der Waals surface area contributed by atoms with Crippen molar-refractivity contribution in [2.45, 2.75) is 0 Å². The van der Waals surface area contributed by atoms with Gasteiger partial charge in [0.15, 0.2) is 23.1 Å². The van der Waals surface area contributed by atoms with E-state index in [1.54, 1.807) is 0 Å². The van der Waals surface area contributed by atoms with E-state index in [1.165, 1.54) is 7.05 Å². The van der Waals surface area contributed by atoms with Crippen LogP contribution in [0.5, 0.6) is 0 Å². The van der Waals surface area contributed by atoms with Crippen molar-refractivity contribution < 1.29 is 23.1 Å². The molecular weight excluding hydrogens is 285 g/mol. The van der Waals surface area contributed by atoms with Gasteiger partial charge in [0.05, 0.1) is 16.3 Å². The summed E-state index contributed by atoms with van der Waals surface area (Å²) in [6.45, 7) is 0. The number of aromatic carboxylic acids is 1. The first-order valence-electron chi connectivity index (χ1n) is 4.93. The third kappa shape index (κ3) is 2.17. The molecule has 0 saturated carbocycles. The Balaban J connectivity index is 2.75. The number of hydrogen-bond donors (Lipinski definition) is 1. The van der Waals surface area contributed by atoms with Crippen LogP contribution in [-0.4, -0.2) is 20.9 Å². The highest BCUT2D eigenvalue weighted by Gasteiger charge is 2.23. The molecule has 4 nitrogen and oxygen atoms in total. The van der Waals surface area contributed by atoms with E-state index in [0.29, 0.717) is 6.07 Å². The van der Waals surface area contributed by atoms with Gasteiger partial charge in [0.25, 0.3) is 0 Å². The molecule has 0 atom stereocenters. The average molecular weight is 291 g/mol. The second-order valence-corrected chi connectivity index (χ2v) is 4.09. The zero-order valence-electron chi connectivity index (χ0n) is 9.42. The second-order valence-electron chi connectivity index (χ2n) is 3.69. The number of carboxylic acid groups (broad SMARTS) is 1. The number of aryl methyl sites for hydroxylation is 1. The lowest BCUT2D eigenvalue weighted by Crippen LogP contribution is -2.02. The fourth-order valence-electron chi connectivity index (χ4n) is 1.60. The summed E-state index contributed by atoms with van der Waals surface area (Å²) in [7, 11) is 1.28. The van der Waals surface area contributed by atoms with E-state index in [9.17, 15) is 18.0 Å². The minimum atomic E-state index is -1.46. The number of aromatic nitrogens is 2. The van der Waals surface area contributed by atoms with Crippen LogP contribution in [0.3, 0.4) is 0 Å². The Morgan fingerprint density at radius 1 is 1.32 bits per heavy atom. The molecule has 1 N–H and O–H groups in total. The maximum atomic E-state index is 13.8.